The number of benzene rings is 2. The van der Waals surface area contributed by atoms with E-state index in [2.05, 4.69) is 11.9 Å². The Morgan fingerprint density at radius 1 is 1.21 bits per heavy atom. The van der Waals surface area contributed by atoms with Crippen molar-refractivity contribution in [3.63, 3.8) is 0 Å². The van der Waals surface area contributed by atoms with Crippen molar-refractivity contribution < 1.29 is 14.7 Å². The van der Waals surface area contributed by atoms with Crippen molar-refractivity contribution in [2.24, 2.45) is 0 Å². The largest absolute Gasteiger partial charge is 0.478 e. The number of hydrogen-bond donors (Lipinski definition) is 2. The van der Waals surface area contributed by atoms with Gasteiger partial charge in [0.1, 0.15) is 11.6 Å². The Kier molecular flexibility index (Phi) is 5.38. The van der Waals surface area contributed by atoms with E-state index in [9.17, 15) is 14.9 Å². The van der Waals surface area contributed by atoms with Gasteiger partial charge in [0, 0.05) is 34.9 Å². The summed E-state index contributed by atoms with van der Waals surface area (Å²) in [6, 6.07) is 15.5. The van der Waals surface area contributed by atoms with Crippen LogP contribution in [0.25, 0.3) is 17.0 Å². The molecule has 0 bridgehead atoms. The summed E-state index contributed by atoms with van der Waals surface area (Å²) >= 11 is 0. The van der Waals surface area contributed by atoms with Crippen LogP contribution < -0.4 is 5.32 Å². The minimum Gasteiger partial charge on any atom is -0.478 e. The van der Waals surface area contributed by atoms with Gasteiger partial charge in [-0.2, -0.15) is 5.26 Å². The molecule has 1 heterocycles. The van der Waals surface area contributed by atoms with Crippen LogP contribution in [0.5, 0.6) is 0 Å². The maximum absolute atomic E-state index is 12.5. The van der Waals surface area contributed by atoms with Gasteiger partial charge in [0.2, 0.25) is 0 Å². The molecular formula is C22H17N3O3. The Morgan fingerprint density at radius 2 is 2.00 bits per heavy atom. The van der Waals surface area contributed by atoms with Crippen LogP contribution in [0, 0.1) is 11.3 Å². The number of allylic oxidation sites excluding steroid dienone is 1. The molecule has 3 aromatic rings. The molecule has 0 spiro atoms. The molecule has 3 rings (SSSR count). The number of anilines is 1. The highest BCUT2D eigenvalue weighted by atomic mass is 16.4. The number of nitriles is 1. The molecule has 0 atom stereocenters. The van der Waals surface area contributed by atoms with E-state index < -0.39 is 11.9 Å². The lowest BCUT2D eigenvalue weighted by atomic mass is 10.1. The van der Waals surface area contributed by atoms with Crippen molar-refractivity contribution in [1.82, 2.24) is 4.57 Å². The molecule has 0 saturated carbocycles. The predicted octanol–water partition coefficient (Wildman–Crippen LogP) is 4.07. The molecule has 138 valence electrons. The molecule has 2 N–H and O–H groups in total. The number of carbonyl (C=O) groups excluding carboxylic acids is 1. The molecule has 0 aliphatic rings. The molecule has 0 fully saturated rings. The Bertz CT molecular complexity index is 1150. The molecule has 2 aromatic carbocycles. The predicted molar refractivity (Wildman–Crippen MR) is 108 cm³/mol. The molecule has 0 radical (unpaired) electrons. The summed E-state index contributed by atoms with van der Waals surface area (Å²) in [5.74, 6) is -1.70. The van der Waals surface area contributed by atoms with Gasteiger partial charge in [-0.15, -0.1) is 6.58 Å². The van der Waals surface area contributed by atoms with Gasteiger partial charge in [-0.1, -0.05) is 30.3 Å². The molecule has 28 heavy (non-hydrogen) atoms. The van der Waals surface area contributed by atoms with E-state index in [1.165, 1.54) is 24.3 Å². The number of aromatic carboxylic acids is 1. The summed E-state index contributed by atoms with van der Waals surface area (Å²) in [6.07, 6.45) is 5.16. The fourth-order valence-electron chi connectivity index (χ4n) is 2.91. The second-order valence-corrected chi connectivity index (χ2v) is 6.05. The third-order valence-corrected chi connectivity index (χ3v) is 4.18. The average Bonchev–Trinajstić information content (AvgIpc) is 3.04. The van der Waals surface area contributed by atoms with Crippen LogP contribution in [-0.2, 0) is 11.3 Å². The molecule has 0 saturated heterocycles. The Labute approximate surface area is 161 Å². The lowest BCUT2D eigenvalue weighted by Gasteiger charge is -2.05. The van der Waals surface area contributed by atoms with E-state index in [0.29, 0.717) is 12.2 Å². The van der Waals surface area contributed by atoms with Gasteiger partial charge >= 0.3 is 5.97 Å². The molecular weight excluding hydrogens is 354 g/mol. The van der Waals surface area contributed by atoms with Crippen LogP contribution in [0.2, 0.25) is 0 Å². The maximum Gasteiger partial charge on any atom is 0.335 e. The van der Waals surface area contributed by atoms with Gasteiger partial charge < -0.3 is 15.0 Å². The van der Waals surface area contributed by atoms with E-state index in [0.717, 1.165) is 16.5 Å². The second-order valence-electron chi connectivity index (χ2n) is 6.05. The molecule has 6 heteroatoms. The van der Waals surface area contributed by atoms with E-state index >= 15 is 0 Å². The number of carboxylic acids is 1. The van der Waals surface area contributed by atoms with Crippen LogP contribution in [0.15, 0.2) is 73.0 Å². The fourth-order valence-corrected chi connectivity index (χ4v) is 2.91. The van der Waals surface area contributed by atoms with Crippen molar-refractivity contribution in [3.8, 4) is 6.07 Å². The first-order chi connectivity index (χ1) is 13.5. The van der Waals surface area contributed by atoms with Gasteiger partial charge in [0.15, 0.2) is 0 Å². The van der Waals surface area contributed by atoms with Crippen molar-refractivity contribution in [2.45, 2.75) is 6.54 Å². The highest BCUT2D eigenvalue weighted by Gasteiger charge is 2.13. The minimum absolute atomic E-state index is 0.0489. The summed E-state index contributed by atoms with van der Waals surface area (Å²) in [7, 11) is 0. The minimum atomic E-state index is -1.10. The molecule has 0 aliphatic carbocycles. The summed E-state index contributed by atoms with van der Waals surface area (Å²) in [6.45, 7) is 4.35. The molecule has 0 unspecified atom stereocenters. The second kappa shape index (κ2) is 8.06. The van der Waals surface area contributed by atoms with Crippen molar-refractivity contribution >= 4 is 34.5 Å². The number of carbonyl (C=O) groups is 2. The number of nitrogens with zero attached hydrogens (tertiary/aromatic N) is 2. The van der Waals surface area contributed by atoms with Crippen molar-refractivity contribution in [1.29, 1.82) is 5.26 Å². The zero-order valence-electron chi connectivity index (χ0n) is 14.9. The number of carboxylic acid groups (broad SMARTS) is 1. The van der Waals surface area contributed by atoms with Gasteiger partial charge in [-0.05, 0) is 30.3 Å². The third-order valence-electron chi connectivity index (χ3n) is 4.18. The number of para-hydroxylation sites is 1. The van der Waals surface area contributed by atoms with Crippen LogP contribution in [0.1, 0.15) is 15.9 Å². The molecule has 1 aromatic heterocycles. The smallest absolute Gasteiger partial charge is 0.335 e. The number of nitrogens with one attached hydrogen (secondary N) is 1. The maximum atomic E-state index is 12.5. The summed E-state index contributed by atoms with van der Waals surface area (Å²) < 4.78 is 1.98. The van der Waals surface area contributed by atoms with E-state index in [4.69, 9.17) is 5.11 Å². The standard InChI is InChI=1S/C22H17N3O3/c1-2-10-25-14-17(19-8-3-4-9-20(19)25)11-16(13-23)21(26)24-18-7-5-6-15(12-18)22(27)28/h2-9,11-12,14H,1,10H2,(H,24,26)(H,27,28)/b16-11-. The SMILES string of the molecule is C=CCn1cc(/C=C(/C#N)C(=O)Nc2cccc(C(=O)O)c2)c2ccccc21. The van der Waals surface area contributed by atoms with Crippen LogP contribution in [0.3, 0.4) is 0 Å². The monoisotopic (exact) mass is 371 g/mol. The Hall–Kier alpha value is -4.11. The van der Waals surface area contributed by atoms with Crippen LogP contribution in [0.4, 0.5) is 5.69 Å². The van der Waals surface area contributed by atoms with Crippen LogP contribution >= 0.6 is 0 Å². The zero-order chi connectivity index (χ0) is 20.1. The number of amides is 1. The number of rotatable bonds is 6. The molecule has 0 aliphatic heterocycles. The lowest BCUT2D eigenvalue weighted by molar-refractivity contribution is -0.112. The zero-order valence-corrected chi connectivity index (χ0v) is 14.9. The topological polar surface area (TPSA) is 95.1 Å². The van der Waals surface area contributed by atoms with E-state index in [1.807, 2.05) is 41.1 Å². The third kappa shape index (κ3) is 3.84. The summed E-state index contributed by atoms with van der Waals surface area (Å²) in [4.78, 5) is 23.6. The Balaban J connectivity index is 1.94. The normalized spacial score (nSPS) is 11.0. The van der Waals surface area contributed by atoms with Gasteiger partial charge in [-0.25, -0.2) is 4.79 Å². The lowest BCUT2D eigenvalue weighted by Crippen LogP contribution is -2.13. The number of aromatic nitrogens is 1. The fraction of sp³-hybridized carbons (Fsp3) is 0.0455. The Morgan fingerprint density at radius 3 is 2.71 bits per heavy atom. The highest BCUT2D eigenvalue weighted by molar-refractivity contribution is 6.11. The summed E-state index contributed by atoms with van der Waals surface area (Å²) in [5.41, 5.74) is 1.99. The van der Waals surface area contributed by atoms with Crippen molar-refractivity contribution in [3.05, 3.63) is 84.1 Å². The van der Waals surface area contributed by atoms with Gasteiger partial charge in [-0.3, -0.25) is 4.79 Å². The quantitative estimate of drug-likeness (QED) is 0.388. The van der Waals surface area contributed by atoms with Crippen molar-refractivity contribution in [2.75, 3.05) is 5.32 Å². The first-order valence-electron chi connectivity index (χ1n) is 8.48. The molecule has 1 amide bonds. The van der Waals surface area contributed by atoms with E-state index in [-0.39, 0.29) is 11.1 Å². The highest BCUT2D eigenvalue weighted by Crippen LogP contribution is 2.24. The number of fused-ring (bicyclic) bond motifs is 1. The first kappa shape index (κ1) is 18.7. The van der Waals surface area contributed by atoms with Gasteiger partial charge in [0.25, 0.3) is 5.91 Å². The first-order valence-corrected chi connectivity index (χ1v) is 8.48. The van der Waals surface area contributed by atoms with E-state index in [1.54, 1.807) is 12.1 Å². The van der Waals surface area contributed by atoms with Crippen LogP contribution in [-0.4, -0.2) is 21.6 Å². The number of hydrogen-bond acceptors (Lipinski definition) is 3. The summed E-state index contributed by atoms with van der Waals surface area (Å²) in [5, 5.41) is 22.0. The average molecular weight is 371 g/mol. The molecule has 6 nitrogen and oxygen atoms in total. The van der Waals surface area contributed by atoms with Gasteiger partial charge in [0.05, 0.1) is 5.56 Å².